The van der Waals surface area contributed by atoms with Crippen LogP contribution in [0.15, 0.2) is 24.3 Å². The number of hydrogen-bond donors (Lipinski definition) is 2. The van der Waals surface area contributed by atoms with Crippen LogP contribution in [0.25, 0.3) is 0 Å². The summed E-state index contributed by atoms with van der Waals surface area (Å²) in [5.74, 6) is -1.92. The quantitative estimate of drug-likeness (QED) is 0.190. The first-order chi connectivity index (χ1) is 22.6. The monoisotopic (exact) mass is 708 g/mol. The van der Waals surface area contributed by atoms with E-state index in [9.17, 15) is 15.0 Å². The molecule has 1 heterocycles. The van der Waals surface area contributed by atoms with Gasteiger partial charge < -0.3 is 43.1 Å². The fourth-order valence-corrected chi connectivity index (χ4v) is 9.70. The highest BCUT2D eigenvalue weighted by Crippen LogP contribution is 2.59. The highest BCUT2D eigenvalue weighted by Gasteiger charge is 2.67. The van der Waals surface area contributed by atoms with Crippen LogP contribution in [0.3, 0.4) is 0 Å². The second-order valence-electron chi connectivity index (χ2n) is 17.3. The van der Waals surface area contributed by atoms with Crippen molar-refractivity contribution in [2.24, 2.45) is 23.2 Å². The van der Waals surface area contributed by atoms with Crippen LogP contribution < -0.4 is 4.74 Å². The lowest BCUT2D eigenvalue weighted by Gasteiger charge is -2.52. The molecular formula is C38H64O10Si. The number of ether oxygens (including phenoxy) is 6. The van der Waals surface area contributed by atoms with Crippen molar-refractivity contribution in [2.45, 2.75) is 148 Å². The molecule has 0 unspecified atom stereocenters. The number of methoxy groups -OCH3 is 2. The van der Waals surface area contributed by atoms with Crippen LogP contribution in [0.4, 0.5) is 0 Å². The van der Waals surface area contributed by atoms with Crippen molar-refractivity contribution in [3.63, 3.8) is 0 Å². The van der Waals surface area contributed by atoms with E-state index in [0.29, 0.717) is 12.8 Å². The van der Waals surface area contributed by atoms with Gasteiger partial charge in [0.15, 0.2) is 19.9 Å². The van der Waals surface area contributed by atoms with Crippen LogP contribution >= 0.6 is 0 Å². The van der Waals surface area contributed by atoms with E-state index in [2.05, 4.69) is 33.9 Å². The zero-order valence-electron chi connectivity index (χ0n) is 32.3. The number of hydrogen-bond acceptors (Lipinski definition) is 10. The molecule has 11 heteroatoms. The van der Waals surface area contributed by atoms with Gasteiger partial charge in [-0.1, -0.05) is 53.7 Å². The molecule has 49 heavy (non-hydrogen) atoms. The third kappa shape index (κ3) is 7.71. The summed E-state index contributed by atoms with van der Waals surface area (Å²) in [6, 6.07) is 7.57. The molecule has 2 aliphatic carbocycles. The lowest BCUT2D eigenvalue weighted by molar-refractivity contribution is -0.238. The van der Waals surface area contributed by atoms with E-state index in [0.717, 1.165) is 11.3 Å². The first-order valence-electron chi connectivity index (χ1n) is 17.9. The maximum atomic E-state index is 14.9. The molecule has 3 fully saturated rings. The maximum absolute atomic E-state index is 14.9. The Labute approximate surface area is 295 Å². The Morgan fingerprint density at radius 3 is 2.20 bits per heavy atom. The highest BCUT2D eigenvalue weighted by molar-refractivity contribution is 6.74. The Hall–Kier alpha value is -1.41. The van der Waals surface area contributed by atoms with Crippen LogP contribution in [0.2, 0.25) is 18.1 Å². The topological polar surface area (TPSA) is 122 Å². The molecule has 1 aromatic rings. The Bertz CT molecular complexity index is 1270. The molecule has 280 valence electrons. The molecule has 2 bridgehead atoms. The van der Waals surface area contributed by atoms with E-state index in [1.165, 1.54) is 0 Å². The van der Waals surface area contributed by atoms with Crippen LogP contribution in [0.1, 0.15) is 87.1 Å². The van der Waals surface area contributed by atoms with Gasteiger partial charge in [0, 0.05) is 30.3 Å². The van der Waals surface area contributed by atoms with E-state index in [1.807, 2.05) is 58.9 Å². The van der Waals surface area contributed by atoms with E-state index < -0.39 is 67.0 Å². The number of aliphatic hydroxyl groups excluding tert-OH is 1. The molecule has 0 radical (unpaired) electrons. The number of rotatable bonds is 12. The second kappa shape index (κ2) is 14.5. The molecule has 0 amide bonds. The van der Waals surface area contributed by atoms with Gasteiger partial charge in [-0.25, -0.2) is 0 Å². The Kier molecular flexibility index (Phi) is 12.0. The Balaban J connectivity index is 1.90. The summed E-state index contributed by atoms with van der Waals surface area (Å²) in [4.78, 5) is 14.9. The summed E-state index contributed by atoms with van der Waals surface area (Å²) in [5, 5.41) is 24.4. The largest absolute Gasteiger partial charge is 0.497 e. The van der Waals surface area contributed by atoms with E-state index in [1.54, 1.807) is 21.1 Å². The number of fused-ring (bicyclic) bond motifs is 2. The zero-order valence-corrected chi connectivity index (χ0v) is 33.3. The minimum atomic E-state index is -2.47. The molecule has 2 saturated carbocycles. The highest BCUT2D eigenvalue weighted by atomic mass is 28.4. The number of ketones is 1. The molecule has 0 spiro atoms. The smallest absolute Gasteiger partial charge is 0.192 e. The molecule has 10 nitrogen and oxygen atoms in total. The van der Waals surface area contributed by atoms with Crippen molar-refractivity contribution in [3.05, 3.63) is 29.8 Å². The Morgan fingerprint density at radius 2 is 1.69 bits per heavy atom. The second-order valence-corrected chi connectivity index (χ2v) is 22.0. The predicted molar refractivity (Wildman–Crippen MR) is 190 cm³/mol. The van der Waals surface area contributed by atoms with Gasteiger partial charge in [0.1, 0.15) is 30.4 Å². The molecule has 2 N–H and O–H groups in total. The van der Waals surface area contributed by atoms with Crippen molar-refractivity contribution in [2.75, 3.05) is 27.6 Å². The molecule has 0 aromatic heterocycles. The van der Waals surface area contributed by atoms with Crippen molar-refractivity contribution in [1.82, 2.24) is 0 Å². The van der Waals surface area contributed by atoms with Crippen molar-refractivity contribution in [1.29, 1.82) is 0 Å². The number of carbonyl (C=O) groups is 1. The molecule has 3 aliphatic rings. The van der Waals surface area contributed by atoms with Crippen LogP contribution in [0, 0.1) is 23.2 Å². The summed E-state index contributed by atoms with van der Waals surface area (Å²) >= 11 is 0. The van der Waals surface area contributed by atoms with Crippen LogP contribution in [0.5, 0.6) is 5.75 Å². The fourth-order valence-electron chi connectivity index (χ4n) is 8.34. The molecule has 1 aromatic carbocycles. The number of carbonyl (C=O) groups excluding carboxylic acids is 1. The molecule has 9 atom stereocenters. The molecule has 4 rings (SSSR count). The Morgan fingerprint density at radius 1 is 1.06 bits per heavy atom. The first-order valence-corrected chi connectivity index (χ1v) is 20.8. The van der Waals surface area contributed by atoms with Gasteiger partial charge in [-0.3, -0.25) is 4.79 Å². The number of benzene rings is 1. The van der Waals surface area contributed by atoms with Crippen molar-refractivity contribution in [3.8, 4) is 5.75 Å². The summed E-state index contributed by atoms with van der Waals surface area (Å²) in [5.41, 5.74) is -2.43. The minimum Gasteiger partial charge on any atom is -0.497 e. The third-order valence-corrected chi connectivity index (χ3v) is 16.9. The van der Waals surface area contributed by atoms with Gasteiger partial charge in [-0.15, -0.1) is 0 Å². The average Bonchev–Trinajstić information content (AvgIpc) is 3.46. The van der Waals surface area contributed by atoms with Gasteiger partial charge in [0.25, 0.3) is 0 Å². The average molecular weight is 709 g/mol. The van der Waals surface area contributed by atoms with Crippen molar-refractivity contribution < 1.29 is 47.9 Å². The minimum absolute atomic E-state index is 0.0538. The first kappa shape index (κ1) is 40.4. The summed E-state index contributed by atoms with van der Waals surface area (Å²) in [6.07, 6.45) is -2.02. The van der Waals surface area contributed by atoms with Gasteiger partial charge in [-0.2, -0.15) is 0 Å². The fraction of sp³-hybridized carbons (Fsp3) is 0.816. The normalized spacial score (nSPS) is 34.6. The number of Topliss-reactive ketones (excluding diaryl/α,β-unsaturated/α-hetero) is 1. The van der Waals surface area contributed by atoms with Crippen LogP contribution in [-0.2, 0) is 39.5 Å². The summed E-state index contributed by atoms with van der Waals surface area (Å²) in [7, 11) is 0.689. The van der Waals surface area contributed by atoms with Gasteiger partial charge in [0.2, 0.25) is 0 Å². The van der Waals surface area contributed by atoms with Gasteiger partial charge in [-0.05, 0) is 75.9 Å². The van der Waals surface area contributed by atoms with E-state index >= 15 is 0 Å². The summed E-state index contributed by atoms with van der Waals surface area (Å²) in [6.45, 7) is 22.5. The van der Waals surface area contributed by atoms with Crippen molar-refractivity contribution >= 4 is 14.1 Å². The van der Waals surface area contributed by atoms with Gasteiger partial charge in [0.05, 0.1) is 38.1 Å². The zero-order chi connectivity index (χ0) is 36.8. The maximum Gasteiger partial charge on any atom is 0.192 e. The molecule has 1 aliphatic heterocycles. The van der Waals surface area contributed by atoms with E-state index in [-0.39, 0.29) is 43.2 Å². The lowest BCUT2D eigenvalue weighted by Crippen LogP contribution is -2.62. The molecule has 1 saturated heterocycles. The predicted octanol–water partition coefficient (Wildman–Crippen LogP) is 6.25. The summed E-state index contributed by atoms with van der Waals surface area (Å²) < 4.78 is 44.1. The van der Waals surface area contributed by atoms with Crippen LogP contribution in [-0.4, -0.2) is 93.3 Å². The SMILES string of the molecule is COCO[C@H]1C(=O)[C@@H](C)[C@@H]([C@@]2([C@@H](OCc3ccc(OC)cc3)[C@H](C)O)COC(C)(C)O2)C[C@H](O[Si](C)(C)C(C)(C)C)[C@@]2(O)CC[C@H]1C2(C)C. The van der Waals surface area contributed by atoms with E-state index in [4.69, 9.17) is 32.8 Å². The molecular weight excluding hydrogens is 644 g/mol. The third-order valence-electron chi connectivity index (χ3n) is 12.4. The number of aliphatic hydroxyl groups is 2. The lowest BCUT2D eigenvalue weighted by atomic mass is 9.66. The standard InChI is InChI=1S/C38H64O10Si/c1-24-29(37(22-46-36(8,9)48-37)33(25(2)39)44-21-26-14-16-27(43-11)17-15-26)20-30(47-49(12,13)34(3,4)5)38(41)19-18-28(35(38,6)7)32(31(24)40)45-23-42-10/h14-17,24-25,28-30,32-33,39,41H,18-23H2,1-13H3/t24-,25-,28+,29-,30-,32+,33-,37+,38-/m0/s1. The van der Waals surface area contributed by atoms with Gasteiger partial charge >= 0.3 is 0 Å².